The molecule has 2 aliphatic carbocycles. The Kier molecular flexibility index (Phi) is 1.09. The van der Waals surface area contributed by atoms with Crippen molar-refractivity contribution in [1.82, 2.24) is 0 Å². The predicted molar refractivity (Wildman–Crippen MR) is 52.9 cm³/mol. The highest BCUT2D eigenvalue weighted by Crippen LogP contribution is 2.63. The SMILES string of the molecule is Brc1cccc2c1C1CC2C2OC12. The molecule has 1 nitrogen and oxygen atoms in total. The van der Waals surface area contributed by atoms with E-state index >= 15 is 0 Å². The fourth-order valence-electron chi connectivity index (χ4n) is 3.18. The second-order valence-electron chi connectivity index (χ2n) is 4.26. The Morgan fingerprint density at radius 3 is 3.00 bits per heavy atom. The summed E-state index contributed by atoms with van der Waals surface area (Å²) in [6, 6.07) is 6.56. The quantitative estimate of drug-likeness (QED) is 0.632. The molecule has 1 aliphatic heterocycles. The zero-order chi connectivity index (χ0) is 8.58. The predicted octanol–water partition coefficient (Wildman–Crippen LogP) is 2.80. The van der Waals surface area contributed by atoms with E-state index in [4.69, 9.17) is 4.74 Å². The average molecular weight is 237 g/mol. The maximum Gasteiger partial charge on any atom is 0.0917 e. The molecule has 1 aromatic rings. The van der Waals surface area contributed by atoms with Gasteiger partial charge in [0.05, 0.1) is 12.2 Å². The first kappa shape index (κ1) is 7.02. The lowest BCUT2D eigenvalue weighted by molar-refractivity contribution is 0.297. The van der Waals surface area contributed by atoms with Crippen LogP contribution in [0.15, 0.2) is 22.7 Å². The second kappa shape index (κ2) is 2.01. The highest BCUT2D eigenvalue weighted by atomic mass is 79.9. The molecule has 0 aromatic heterocycles. The van der Waals surface area contributed by atoms with Crippen LogP contribution < -0.4 is 0 Å². The lowest BCUT2D eigenvalue weighted by Crippen LogP contribution is -2.07. The first-order valence-electron chi connectivity index (χ1n) is 4.80. The van der Waals surface area contributed by atoms with E-state index < -0.39 is 0 Å². The van der Waals surface area contributed by atoms with Crippen molar-refractivity contribution in [3.05, 3.63) is 33.8 Å². The third kappa shape index (κ3) is 0.692. The molecule has 66 valence electrons. The van der Waals surface area contributed by atoms with Gasteiger partial charge in [-0.05, 0) is 23.6 Å². The lowest BCUT2D eigenvalue weighted by atomic mass is 9.92. The van der Waals surface area contributed by atoms with Gasteiger partial charge in [0.2, 0.25) is 0 Å². The van der Waals surface area contributed by atoms with Gasteiger partial charge in [0.25, 0.3) is 0 Å². The van der Waals surface area contributed by atoms with Crippen molar-refractivity contribution in [3.63, 3.8) is 0 Å². The number of ether oxygens (including phenoxy) is 1. The first-order valence-corrected chi connectivity index (χ1v) is 5.59. The largest absolute Gasteiger partial charge is 0.368 e. The van der Waals surface area contributed by atoms with Crippen LogP contribution in [0.5, 0.6) is 0 Å². The summed E-state index contributed by atoms with van der Waals surface area (Å²) in [6.07, 6.45) is 2.47. The van der Waals surface area contributed by atoms with E-state index in [0.717, 1.165) is 0 Å². The maximum absolute atomic E-state index is 5.66. The van der Waals surface area contributed by atoms with Gasteiger partial charge in [0.1, 0.15) is 0 Å². The molecule has 0 N–H and O–H groups in total. The van der Waals surface area contributed by atoms with Crippen molar-refractivity contribution >= 4 is 15.9 Å². The van der Waals surface area contributed by atoms with Crippen LogP contribution in [0.2, 0.25) is 0 Å². The molecule has 0 radical (unpaired) electrons. The van der Waals surface area contributed by atoms with Crippen LogP contribution in [0.4, 0.5) is 0 Å². The highest BCUT2D eigenvalue weighted by molar-refractivity contribution is 9.10. The molecule has 1 saturated heterocycles. The van der Waals surface area contributed by atoms with Gasteiger partial charge in [-0.25, -0.2) is 0 Å². The summed E-state index contributed by atoms with van der Waals surface area (Å²) in [7, 11) is 0. The van der Waals surface area contributed by atoms with Crippen molar-refractivity contribution in [2.45, 2.75) is 30.5 Å². The number of hydrogen-bond acceptors (Lipinski definition) is 1. The molecule has 1 heterocycles. The topological polar surface area (TPSA) is 12.5 Å². The van der Waals surface area contributed by atoms with Gasteiger partial charge in [-0.15, -0.1) is 0 Å². The van der Waals surface area contributed by atoms with E-state index in [2.05, 4.69) is 34.1 Å². The highest BCUT2D eigenvalue weighted by Gasteiger charge is 2.62. The first-order chi connectivity index (χ1) is 6.36. The Hall–Kier alpha value is -0.340. The Morgan fingerprint density at radius 1 is 1.23 bits per heavy atom. The molecule has 4 rings (SSSR count). The fourth-order valence-corrected chi connectivity index (χ4v) is 3.86. The Balaban J connectivity index is 2.02. The zero-order valence-corrected chi connectivity index (χ0v) is 8.62. The van der Waals surface area contributed by atoms with Gasteiger partial charge in [-0.2, -0.15) is 0 Å². The summed E-state index contributed by atoms with van der Waals surface area (Å²) >= 11 is 3.64. The normalized spacial score (nSPS) is 43.2. The summed E-state index contributed by atoms with van der Waals surface area (Å²) in [5.74, 6) is 1.41. The molecule has 2 heteroatoms. The minimum atomic E-state index is 0.566. The van der Waals surface area contributed by atoms with Crippen LogP contribution in [0.1, 0.15) is 29.4 Å². The molecular weight excluding hydrogens is 228 g/mol. The summed E-state index contributed by atoms with van der Waals surface area (Å²) in [5, 5.41) is 0. The van der Waals surface area contributed by atoms with Crippen molar-refractivity contribution < 1.29 is 4.74 Å². The van der Waals surface area contributed by atoms with Crippen LogP contribution in [-0.4, -0.2) is 12.2 Å². The third-order valence-electron chi connectivity index (χ3n) is 3.72. The number of rotatable bonds is 0. The molecule has 0 amide bonds. The molecule has 1 aromatic carbocycles. The minimum absolute atomic E-state index is 0.566. The number of epoxide rings is 1. The van der Waals surface area contributed by atoms with Crippen LogP contribution >= 0.6 is 15.9 Å². The van der Waals surface area contributed by atoms with Gasteiger partial charge in [0.15, 0.2) is 0 Å². The molecule has 3 aliphatic rings. The molecule has 4 atom stereocenters. The summed E-state index contributed by atoms with van der Waals surface area (Å²) < 4.78 is 6.94. The zero-order valence-electron chi connectivity index (χ0n) is 7.03. The molecule has 4 unspecified atom stereocenters. The van der Waals surface area contributed by atoms with Crippen LogP contribution in [0.3, 0.4) is 0 Å². The maximum atomic E-state index is 5.66. The Labute approximate surface area is 85.2 Å². The molecule has 2 bridgehead atoms. The lowest BCUT2D eigenvalue weighted by Gasteiger charge is -2.12. The fraction of sp³-hybridized carbons (Fsp3) is 0.455. The van der Waals surface area contributed by atoms with E-state index in [0.29, 0.717) is 24.0 Å². The third-order valence-corrected chi connectivity index (χ3v) is 4.41. The number of hydrogen-bond donors (Lipinski definition) is 0. The monoisotopic (exact) mass is 236 g/mol. The van der Waals surface area contributed by atoms with E-state index in [1.807, 2.05) is 0 Å². The summed E-state index contributed by atoms with van der Waals surface area (Å²) in [6.45, 7) is 0. The van der Waals surface area contributed by atoms with Crippen molar-refractivity contribution in [3.8, 4) is 0 Å². The van der Waals surface area contributed by atoms with E-state index in [1.54, 1.807) is 0 Å². The second-order valence-corrected chi connectivity index (χ2v) is 5.11. The van der Waals surface area contributed by atoms with E-state index in [1.165, 1.54) is 22.0 Å². The average Bonchev–Trinajstić information content (AvgIpc) is 2.75. The van der Waals surface area contributed by atoms with Gasteiger partial charge in [0, 0.05) is 16.3 Å². The van der Waals surface area contributed by atoms with Gasteiger partial charge < -0.3 is 4.74 Å². The Morgan fingerprint density at radius 2 is 2.08 bits per heavy atom. The van der Waals surface area contributed by atoms with Gasteiger partial charge in [-0.3, -0.25) is 0 Å². The molecule has 13 heavy (non-hydrogen) atoms. The van der Waals surface area contributed by atoms with Crippen LogP contribution in [0, 0.1) is 0 Å². The van der Waals surface area contributed by atoms with Crippen molar-refractivity contribution in [2.75, 3.05) is 0 Å². The number of benzene rings is 1. The summed E-state index contributed by atoms with van der Waals surface area (Å²) in [5.41, 5.74) is 3.07. The number of halogens is 1. The van der Waals surface area contributed by atoms with Crippen LogP contribution in [-0.2, 0) is 4.74 Å². The Bertz CT molecular complexity index is 401. The minimum Gasteiger partial charge on any atom is -0.368 e. The molecular formula is C11H9BrO. The molecule has 1 saturated carbocycles. The standard InChI is InChI=1S/C11H9BrO/c12-8-3-1-2-5-6-4-7(9(5)8)11-10(6)13-11/h1-3,6-7,10-11H,4H2. The molecule has 2 fully saturated rings. The van der Waals surface area contributed by atoms with Crippen LogP contribution in [0.25, 0.3) is 0 Å². The van der Waals surface area contributed by atoms with E-state index in [9.17, 15) is 0 Å². The number of fused-ring (bicyclic) bond motifs is 8. The van der Waals surface area contributed by atoms with E-state index in [-0.39, 0.29) is 0 Å². The van der Waals surface area contributed by atoms with Gasteiger partial charge >= 0.3 is 0 Å². The van der Waals surface area contributed by atoms with Gasteiger partial charge in [-0.1, -0.05) is 28.1 Å². The molecule has 0 spiro atoms. The summed E-state index contributed by atoms with van der Waals surface area (Å²) in [4.78, 5) is 0. The smallest absolute Gasteiger partial charge is 0.0917 e. The van der Waals surface area contributed by atoms with Crippen molar-refractivity contribution in [1.29, 1.82) is 0 Å². The van der Waals surface area contributed by atoms with Crippen molar-refractivity contribution in [2.24, 2.45) is 0 Å².